The highest BCUT2D eigenvalue weighted by Gasteiger charge is 2.23. The fourth-order valence-electron chi connectivity index (χ4n) is 2.07. The molecule has 0 aliphatic carbocycles. The van der Waals surface area contributed by atoms with Gasteiger partial charge in [-0.25, -0.2) is 9.18 Å². The average Bonchev–Trinajstić information content (AvgIpc) is 2.75. The molecule has 0 spiro atoms. The average molecular weight is 324 g/mol. The molecular formula is C15H21FN4O3. The molecule has 0 saturated heterocycles. The standard InChI is InChI=1S/C15H21FN4O3/c1-9(21)8-23-13-7-11(16)10(15(2,3)4)6-12(13)20-14(22)19(5)17-18-20/h6-7,9,21H,8H2,1-5H3/t9-/m1/s1. The predicted octanol–water partition coefficient (Wildman–Crippen LogP) is 1.16. The number of halogens is 1. The smallest absolute Gasteiger partial charge is 0.368 e. The monoisotopic (exact) mass is 324 g/mol. The van der Waals surface area contributed by atoms with Crippen molar-refractivity contribution in [3.63, 3.8) is 0 Å². The maximum atomic E-state index is 14.4. The van der Waals surface area contributed by atoms with E-state index in [1.54, 1.807) is 6.92 Å². The molecule has 1 N–H and O–H groups in total. The second-order valence-corrected chi connectivity index (χ2v) is 6.51. The minimum absolute atomic E-state index is 0.0314. The van der Waals surface area contributed by atoms with E-state index in [1.807, 2.05) is 20.8 Å². The zero-order valence-electron chi connectivity index (χ0n) is 13.9. The minimum Gasteiger partial charge on any atom is -0.489 e. The molecule has 1 heterocycles. The molecular weight excluding hydrogens is 303 g/mol. The molecule has 0 aliphatic heterocycles. The number of aryl methyl sites for hydroxylation is 1. The zero-order chi connectivity index (χ0) is 17.4. The highest BCUT2D eigenvalue weighted by atomic mass is 19.1. The van der Waals surface area contributed by atoms with Crippen molar-refractivity contribution in [1.82, 2.24) is 19.8 Å². The molecule has 0 aliphatic rings. The van der Waals surface area contributed by atoms with Gasteiger partial charge in [0.2, 0.25) is 0 Å². The summed E-state index contributed by atoms with van der Waals surface area (Å²) in [5.41, 5.74) is -0.226. The van der Waals surface area contributed by atoms with Crippen molar-refractivity contribution in [2.75, 3.05) is 6.61 Å². The van der Waals surface area contributed by atoms with Gasteiger partial charge in [-0.2, -0.15) is 9.36 Å². The Morgan fingerprint density at radius 3 is 2.48 bits per heavy atom. The van der Waals surface area contributed by atoms with Crippen LogP contribution in [0.3, 0.4) is 0 Å². The first-order valence-electron chi connectivity index (χ1n) is 7.25. The Balaban J connectivity index is 2.64. The largest absolute Gasteiger partial charge is 0.489 e. The maximum absolute atomic E-state index is 14.4. The van der Waals surface area contributed by atoms with E-state index in [9.17, 15) is 14.3 Å². The molecule has 1 atom stereocenters. The summed E-state index contributed by atoms with van der Waals surface area (Å²) in [5, 5.41) is 16.8. The third-order valence-electron chi connectivity index (χ3n) is 3.29. The SMILES string of the molecule is C[C@@H](O)COc1cc(F)c(C(C)(C)C)cc1-n1nnn(C)c1=O. The molecule has 126 valence electrons. The van der Waals surface area contributed by atoms with Crippen molar-refractivity contribution < 1.29 is 14.2 Å². The summed E-state index contributed by atoms with van der Waals surface area (Å²) in [7, 11) is 1.47. The number of nitrogens with zero attached hydrogens (tertiary/aromatic N) is 4. The molecule has 0 radical (unpaired) electrons. The maximum Gasteiger partial charge on any atom is 0.368 e. The first-order chi connectivity index (χ1) is 10.6. The molecule has 0 amide bonds. The second kappa shape index (κ2) is 6.11. The Bertz CT molecular complexity index is 759. The van der Waals surface area contributed by atoms with E-state index < -0.39 is 23.0 Å². The van der Waals surface area contributed by atoms with Crippen molar-refractivity contribution in [1.29, 1.82) is 0 Å². The highest BCUT2D eigenvalue weighted by Crippen LogP contribution is 2.32. The van der Waals surface area contributed by atoms with E-state index in [0.717, 1.165) is 9.36 Å². The van der Waals surface area contributed by atoms with Crippen molar-refractivity contribution in [2.45, 2.75) is 39.2 Å². The summed E-state index contributed by atoms with van der Waals surface area (Å²) in [6.45, 7) is 7.12. The highest BCUT2D eigenvalue weighted by molar-refractivity contribution is 5.50. The van der Waals surface area contributed by atoms with Gasteiger partial charge < -0.3 is 9.84 Å². The number of tetrazole rings is 1. The van der Waals surface area contributed by atoms with Crippen LogP contribution in [0.5, 0.6) is 5.75 Å². The van der Waals surface area contributed by atoms with Crippen LogP contribution in [0.2, 0.25) is 0 Å². The van der Waals surface area contributed by atoms with Crippen molar-refractivity contribution in [3.05, 3.63) is 34.0 Å². The van der Waals surface area contributed by atoms with Crippen LogP contribution >= 0.6 is 0 Å². The Morgan fingerprint density at radius 1 is 1.35 bits per heavy atom. The van der Waals surface area contributed by atoms with Gasteiger partial charge in [0.15, 0.2) is 0 Å². The van der Waals surface area contributed by atoms with Gasteiger partial charge in [0.1, 0.15) is 23.9 Å². The van der Waals surface area contributed by atoms with Gasteiger partial charge in [-0.1, -0.05) is 20.8 Å². The lowest BCUT2D eigenvalue weighted by Crippen LogP contribution is -2.24. The van der Waals surface area contributed by atoms with Crippen molar-refractivity contribution >= 4 is 0 Å². The lowest BCUT2D eigenvalue weighted by molar-refractivity contribution is 0.122. The lowest BCUT2D eigenvalue weighted by atomic mass is 9.86. The van der Waals surface area contributed by atoms with Crippen LogP contribution in [-0.2, 0) is 12.5 Å². The normalized spacial score (nSPS) is 13.2. The summed E-state index contributed by atoms with van der Waals surface area (Å²) >= 11 is 0. The third-order valence-corrected chi connectivity index (χ3v) is 3.29. The van der Waals surface area contributed by atoms with Crippen LogP contribution < -0.4 is 10.4 Å². The molecule has 2 rings (SSSR count). The Hall–Kier alpha value is -2.22. The third kappa shape index (κ3) is 3.58. The van der Waals surface area contributed by atoms with Gasteiger partial charge in [-0.15, -0.1) is 0 Å². The number of rotatable bonds is 4. The van der Waals surface area contributed by atoms with Gasteiger partial charge in [-0.3, -0.25) is 0 Å². The molecule has 2 aromatic rings. The van der Waals surface area contributed by atoms with Crippen LogP contribution in [0, 0.1) is 5.82 Å². The van der Waals surface area contributed by atoms with Gasteiger partial charge in [0.25, 0.3) is 0 Å². The van der Waals surface area contributed by atoms with Crippen LogP contribution in [-0.4, -0.2) is 37.6 Å². The number of aromatic nitrogens is 4. The first kappa shape index (κ1) is 17.1. The number of hydrogen-bond donors (Lipinski definition) is 1. The lowest BCUT2D eigenvalue weighted by Gasteiger charge is -2.22. The Morgan fingerprint density at radius 2 is 2.00 bits per heavy atom. The number of aliphatic hydroxyl groups is 1. The fourth-order valence-corrected chi connectivity index (χ4v) is 2.07. The summed E-state index contributed by atoms with van der Waals surface area (Å²) in [6.07, 6.45) is -0.730. The number of benzene rings is 1. The topological polar surface area (TPSA) is 82.2 Å². The molecule has 0 saturated carbocycles. The van der Waals surface area contributed by atoms with Gasteiger partial charge in [-0.05, 0) is 34.4 Å². The second-order valence-electron chi connectivity index (χ2n) is 6.51. The van der Waals surface area contributed by atoms with Crippen molar-refractivity contribution in [2.24, 2.45) is 7.05 Å². The predicted molar refractivity (Wildman–Crippen MR) is 82.4 cm³/mol. The molecule has 7 nitrogen and oxygen atoms in total. The summed E-state index contributed by atoms with van der Waals surface area (Å²) in [4.78, 5) is 12.1. The molecule has 0 fully saturated rings. The van der Waals surface area contributed by atoms with Crippen LogP contribution in [0.4, 0.5) is 4.39 Å². The number of aliphatic hydroxyl groups excluding tert-OH is 1. The van der Waals surface area contributed by atoms with E-state index >= 15 is 0 Å². The van der Waals surface area contributed by atoms with Gasteiger partial charge in [0.05, 0.1) is 6.10 Å². The van der Waals surface area contributed by atoms with Crippen LogP contribution in [0.1, 0.15) is 33.3 Å². The molecule has 0 bridgehead atoms. The Labute approximate surface area is 133 Å². The summed E-state index contributed by atoms with van der Waals surface area (Å²) in [5.74, 6) is -0.321. The van der Waals surface area contributed by atoms with Crippen molar-refractivity contribution in [3.8, 4) is 11.4 Å². The molecule has 1 aromatic carbocycles. The minimum atomic E-state index is -0.730. The summed E-state index contributed by atoms with van der Waals surface area (Å²) < 4.78 is 22.0. The molecule has 23 heavy (non-hydrogen) atoms. The fraction of sp³-hybridized carbons (Fsp3) is 0.533. The Kier molecular flexibility index (Phi) is 4.56. The van der Waals surface area contributed by atoms with Gasteiger partial charge >= 0.3 is 5.69 Å². The molecule has 0 unspecified atom stereocenters. The molecule has 1 aromatic heterocycles. The number of ether oxygens (including phenoxy) is 1. The quantitative estimate of drug-likeness (QED) is 0.913. The van der Waals surface area contributed by atoms with E-state index in [1.165, 1.54) is 19.2 Å². The summed E-state index contributed by atoms with van der Waals surface area (Å²) in [6, 6.07) is 2.74. The molecule has 8 heteroatoms. The van der Waals surface area contributed by atoms with Crippen LogP contribution in [0.15, 0.2) is 16.9 Å². The van der Waals surface area contributed by atoms with E-state index in [4.69, 9.17) is 4.74 Å². The van der Waals surface area contributed by atoms with E-state index in [0.29, 0.717) is 5.56 Å². The number of hydrogen-bond acceptors (Lipinski definition) is 5. The first-order valence-corrected chi connectivity index (χ1v) is 7.25. The van der Waals surface area contributed by atoms with E-state index in [-0.39, 0.29) is 18.0 Å². The van der Waals surface area contributed by atoms with Crippen LogP contribution in [0.25, 0.3) is 5.69 Å². The van der Waals surface area contributed by atoms with Gasteiger partial charge in [0, 0.05) is 13.1 Å². The zero-order valence-corrected chi connectivity index (χ0v) is 13.9. The van der Waals surface area contributed by atoms with E-state index in [2.05, 4.69) is 10.4 Å².